The third kappa shape index (κ3) is 5.20. The molecule has 0 amide bonds. The van der Waals surface area contributed by atoms with E-state index < -0.39 is 0 Å². The van der Waals surface area contributed by atoms with Crippen LogP contribution in [0.5, 0.6) is 5.75 Å². The van der Waals surface area contributed by atoms with E-state index in [1.807, 2.05) is 18.2 Å². The number of ether oxygens (including phenoxy) is 1. The number of hydrogen-bond donors (Lipinski definition) is 0. The van der Waals surface area contributed by atoms with Crippen LogP contribution in [0.2, 0.25) is 0 Å². The molecular formula is C28H31NO. The molecule has 0 fully saturated rings. The lowest BCUT2D eigenvalue weighted by atomic mass is 9.90. The maximum Gasteiger partial charge on any atom is 0.119 e. The van der Waals surface area contributed by atoms with E-state index in [-0.39, 0.29) is 0 Å². The molecule has 0 spiro atoms. The summed E-state index contributed by atoms with van der Waals surface area (Å²) >= 11 is 0. The molecule has 3 aromatic carbocycles. The van der Waals surface area contributed by atoms with Crippen molar-refractivity contribution < 1.29 is 4.74 Å². The normalized spacial score (nSPS) is 17.2. The molecule has 0 aliphatic carbocycles. The minimum Gasteiger partial charge on any atom is -0.489 e. The lowest BCUT2D eigenvalue weighted by Gasteiger charge is -2.38. The highest BCUT2D eigenvalue weighted by molar-refractivity contribution is 5.31. The molecule has 0 aromatic heterocycles. The number of rotatable bonds is 7. The van der Waals surface area contributed by atoms with Gasteiger partial charge in [0.05, 0.1) is 0 Å². The SMILES string of the molecule is CC1=C(C)C(Cc2ccc(OCc3ccccc3)cc2)N(Cc2ccccc2)CC1. The fraction of sp³-hybridized carbons (Fsp3) is 0.286. The average molecular weight is 398 g/mol. The first kappa shape index (κ1) is 20.4. The molecule has 0 saturated heterocycles. The molecule has 2 heteroatoms. The third-order valence-corrected chi connectivity index (χ3v) is 6.22. The molecule has 4 rings (SSSR count). The maximum absolute atomic E-state index is 5.96. The van der Waals surface area contributed by atoms with E-state index >= 15 is 0 Å². The van der Waals surface area contributed by atoms with Crippen molar-refractivity contribution in [3.05, 3.63) is 113 Å². The molecule has 0 radical (unpaired) electrons. The highest BCUT2D eigenvalue weighted by Crippen LogP contribution is 2.28. The van der Waals surface area contributed by atoms with Gasteiger partial charge in [0, 0.05) is 19.1 Å². The highest BCUT2D eigenvalue weighted by atomic mass is 16.5. The van der Waals surface area contributed by atoms with Crippen LogP contribution in [0.4, 0.5) is 0 Å². The maximum atomic E-state index is 5.96. The molecule has 1 aliphatic rings. The van der Waals surface area contributed by atoms with Gasteiger partial charge < -0.3 is 4.74 Å². The number of nitrogens with zero attached hydrogens (tertiary/aromatic N) is 1. The molecule has 30 heavy (non-hydrogen) atoms. The molecule has 1 aliphatic heterocycles. The van der Waals surface area contributed by atoms with Gasteiger partial charge in [-0.05, 0) is 55.5 Å². The first-order chi connectivity index (χ1) is 14.7. The van der Waals surface area contributed by atoms with E-state index in [0.717, 1.165) is 25.3 Å². The van der Waals surface area contributed by atoms with E-state index in [4.69, 9.17) is 4.74 Å². The molecular weight excluding hydrogens is 366 g/mol. The van der Waals surface area contributed by atoms with Crippen LogP contribution < -0.4 is 4.74 Å². The molecule has 1 unspecified atom stereocenters. The van der Waals surface area contributed by atoms with Gasteiger partial charge in [-0.2, -0.15) is 0 Å². The van der Waals surface area contributed by atoms with Gasteiger partial charge in [-0.15, -0.1) is 0 Å². The molecule has 3 aromatic rings. The summed E-state index contributed by atoms with van der Waals surface area (Å²) in [6, 6.07) is 30.2. The van der Waals surface area contributed by atoms with Crippen LogP contribution in [-0.4, -0.2) is 17.5 Å². The van der Waals surface area contributed by atoms with Crippen LogP contribution in [0.3, 0.4) is 0 Å². The van der Waals surface area contributed by atoms with Crippen molar-refractivity contribution in [3.8, 4) is 5.75 Å². The molecule has 2 nitrogen and oxygen atoms in total. The summed E-state index contributed by atoms with van der Waals surface area (Å²) in [5.41, 5.74) is 7.02. The molecule has 0 saturated carbocycles. The van der Waals surface area contributed by atoms with Crippen molar-refractivity contribution in [1.29, 1.82) is 0 Å². The summed E-state index contributed by atoms with van der Waals surface area (Å²) in [7, 11) is 0. The van der Waals surface area contributed by atoms with Crippen molar-refractivity contribution in [2.24, 2.45) is 0 Å². The quantitative estimate of drug-likeness (QED) is 0.427. The van der Waals surface area contributed by atoms with Crippen molar-refractivity contribution in [1.82, 2.24) is 4.90 Å². The zero-order chi connectivity index (χ0) is 20.8. The molecule has 1 heterocycles. The highest BCUT2D eigenvalue weighted by Gasteiger charge is 2.26. The van der Waals surface area contributed by atoms with Crippen molar-refractivity contribution >= 4 is 0 Å². The Morgan fingerprint density at radius 3 is 2.07 bits per heavy atom. The Balaban J connectivity index is 1.43. The first-order valence-corrected chi connectivity index (χ1v) is 10.9. The Labute approximate surface area is 180 Å². The smallest absolute Gasteiger partial charge is 0.119 e. The fourth-order valence-electron chi connectivity index (χ4n) is 4.20. The Morgan fingerprint density at radius 2 is 1.40 bits per heavy atom. The van der Waals surface area contributed by atoms with Gasteiger partial charge >= 0.3 is 0 Å². The van der Waals surface area contributed by atoms with E-state index in [9.17, 15) is 0 Å². The summed E-state index contributed by atoms with van der Waals surface area (Å²) in [4.78, 5) is 2.64. The van der Waals surface area contributed by atoms with Gasteiger partial charge in [0.25, 0.3) is 0 Å². The average Bonchev–Trinajstić information content (AvgIpc) is 2.79. The number of hydrogen-bond acceptors (Lipinski definition) is 2. The topological polar surface area (TPSA) is 12.5 Å². The Morgan fingerprint density at radius 1 is 0.767 bits per heavy atom. The minimum atomic E-state index is 0.454. The van der Waals surface area contributed by atoms with E-state index in [1.54, 1.807) is 5.57 Å². The predicted molar refractivity (Wildman–Crippen MR) is 125 cm³/mol. The van der Waals surface area contributed by atoms with Crippen LogP contribution in [0.15, 0.2) is 96.1 Å². The summed E-state index contributed by atoms with van der Waals surface area (Å²) in [5.74, 6) is 0.927. The molecule has 0 bridgehead atoms. The lowest BCUT2D eigenvalue weighted by molar-refractivity contribution is 0.198. The summed E-state index contributed by atoms with van der Waals surface area (Å²) in [6.45, 7) is 7.35. The second kappa shape index (κ2) is 9.77. The molecule has 1 atom stereocenters. The fourth-order valence-corrected chi connectivity index (χ4v) is 4.20. The standard InChI is InChI=1S/C28H31NO/c1-22-17-18-29(20-25-9-5-3-6-10-25)28(23(22)2)19-24-13-15-27(16-14-24)30-21-26-11-7-4-8-12-26/h3-16,28H,17-21H2,1-2H3. The van der Waals surface area contributed by atoms with Gasteiger partial charge in [0.15, 0.2) is 0 Å². The van der Waals surface area contributed by atoms with Crippen LogP contribution in [0.1, 0.15) is 37.0 Å². The van der Waals surface area contributed by atoms with Crippen LogP contribution in [0, 0.1) is 0 Å². The third-order valence-electron chi connectivity index (χ3n) is 6.22. The van der Waals surface area contributed by atoms with Crippen molar-refractivity contribution in [2.45, 2.75) is 45.9 Å². The molecule has 154 valence electrons. The Bertz CT molecular complexity index is 961. The van der Waals surface area contributed by atoms with Crippen molar-refractivity contribution in [3.63, 3.8) is 0 Å². The first-order valence-electron chi connectivity index (χ1n) is 10.9. The monoisotopic (exact) mass is 397 g/mol. The number of benzene rings is 3. The van der Waals surface area contributed by atoms with E-state index in [1.165, 1.54) is 28.7 Å². The Kier molecular flexibility index (Phi) is 6.66. The second-order valence-electron chi connectivity index (χ2n) is 8.31. The minimum absolute atomic E-state index is 0.454. The van der Waals surface area contributed by atoms with Crippen LogP contribution in [0.25, 0.3) is 0 Å². The van der Waals surface area contributed by atoms with Crippen molar-refractivity contribution in [2.75, 3.05) is 6.54 Å². The van der Waals surface area contributed by atoms with Gasteiger partial charge in [0.1, 0.15) is 12.4 Å². The summed E-state index contributed by atoms with van der Waals surface area (Å²) in [6.07, 6.45) is 2.20. The van der Waals surface area contributed by atoms with Gasteiger partial charge in [0.2, 0.25) is 0 Å². The predicted octanol–water partition coefficient (Wildman–Crippen LogP) is 6.42. The zero-order valence-corrected chi connectivity index (χ0v) is 18.1. The largest absolute Gasteiger partial charge is 0.489 e. The van der Waals surface area contributed by atoms with Gasteiger partial charge in [-0.1, -0.05) is 83.9 Å². The zero-order valence-electron chi connectivity index (χ0n) is 18.1. The van der Waals surface area contributed by atoms with E-state index in [2.05, 4.69) is 85.5 Å². The molecule has 0 N–H and O–H groups in total. The van der Waals surface area contributed by atoms with Crippen LogP contribution >= 0.6 is 0 Å². The Hall–Kier alpha value is -2.84. The summed E-state index contributed by atoms with van der Waals surface area (Å²) in [5, 5.41) is 0. The van der Waals surface area contributed by atoms with Gasteiger partial charge in [-0.3, -0.25) is 4.90 Å². The summed E-state index contributed by atoms with van der Waals surface area (Å²) < 4.78 is 5.96. The van der Waals surface area contributed by atoms with Crippen LogP contribution in [-0.2, 0) is 19.6 Å². The van der Waals surface area contributed by atoms with E-state index in [0.29, 0.717) is 12.6 Å². The second-order valence-corrected chi connectivity index (χ2v) is 8.31. The van der Waals surface area contributed by atoms with Gasteiger partial charge in [-0.25, -0.2) is 0 Å². The lowest BCUT2D eigenvalue weighted by Crippen LogP contribution is -2.41.